The molecule has 0 spiro atoms. The summed E-state index contributed by atoms with van der Waals surface area (Å²) in [7, 11) is 0. The number of amides is 2. The Balaban J connectivity index is 1.73. The molecule has 0 radical (unpaired) electrons. The predicted molar refractivity (Wildman–Crippen MR) is 104 cm³/mol. The summed E-state index contributed by atoms with van der Waals surface area (Å²) < 4.78 is 5.52. The first-order valence-electron chi connectivity index (χ1n) is 9.21. The number of hydrogen-bond donors (Lipinski definition) is 0. The number of ether oxygens (including phenoxy) is 1. The van der Waals surface area contributed by atoms with E-state index in [1.165, 1.54) is 0 Å². The molecule has 1 heterocycles. The van der Waals surface area contributed by atoms with Gasteiger partial charge in [0, 0.05) is 6.42 Å². The lowest BCUT2D eigenvalue weighted by Gasteiger charge is -2.47. The average molecular weight is 366 g/mol. The summed E-state index contributed by atoms with van der Waals surface area (Å²) in [6.45, 7) is 6.22. The Bertz CT molecular complexity index is 790. The molecule has 1 aliphatic rings. The van der Waals surface area contributed by atoms with E-state index in [0.717, 1.165) is 11.1 Å². The van der Waals surface area contributed by atoms with Crippen molar-refractivity contribution in [2.45, 2.75) is 45.4 Å². The van der Waals surface area contributed by atoms with Gasteiger partial charge in [0.2, 0.25) is 5.91 Å². The standard InChI is InChI=1S/C22H26N2O3/c1-17(19-12-8-5-9-13-19)23-16-24(22(2,3)14-20(23)25)21(26)27-15-18-10-6-4-7-11-18/h4-13,17H,14-16H2,1-3H3. The molecule has 1 unspecified atom stereocenters. The molecular formula is C22H26N2O3. The number of hydrogen-bond acceptors (Lipinski definition) is 3. The molecule has 1 fully saturated rings. The van der Waals surface area contributed by atoms with E-state index in [-0.39, 0.29) is 31.6 Å². The summed E-state index contributed by atoms with van der Waals surface area (Å²) in [6, 6.07) is 19.3. The van der Waals surface area contributed by atoms with Gasteiger partial charge in [-0.3, -0.25) is 9.69 Å². The fourth-order valence-electron chi connectivity index (χ4n) is 3.34. The van der Waals surface area contributed by atoms with Crippen molar-refractivity contribution in [1.82, 2.24) is 9.80 Å². The molecule has 0 bridgehead atoms. The van der Waals surface area contributed by atoms with Gasteiger partial charge in [0.15, 0.2) is 0 Å². The monoisotopic (exact) mass is 366 g/mol. The van der Waals surface area contributed by atoms with Gasteiger partial charge in [0.25, 0.3) is 0 Å². The summed E-state index contributed by atoms with van der Waals surface area (Å²) >= 11 is 0. The van der Waals surface area contributed by atoms with Gasteiger partial charge >= 0.3 is 6.09 Å². The van der Waals surface area contributed by atoms with Gasteiger partial charge in [-0.05, 0) is 31.9 Å². The highest BCUT2D eigenvalue weighted by atomic mass is 16.6. The van der Waals surface area contributed by atoms with Crippen LogP contribution >= 0.6 is 0 Å². The summed E-state index contributed by atoms with van der Waals surface area (Å²) in [4.78, 5) is 28.9. The van der Waals surface area contributed by atoms with Crippen molar-refractivity contribution in [3.05, 3.63) is 71.8 Å². The molecule has 1 atom stereocenters. The molecule has 27 heavy (non-hydrogen) atoms. The summed E-state index contributed by atoms with van der Waals surface area (Å²) in [5.41, 5.74) is 1.40. The lowest BCUT2D eigenvalue weighted by atomic mass is 9.94. The lowest BCUT2D eigenvalue weighted by molar-refractivity contribution is -0.146. The summed E-state index contributed by atoms with van der Waals surface area (Å²) in [5.74, 6) is 0.0449. The minimum atomic E-state index is -0.586. The van der Waals surface area contributed by atoms with Crippen LogP contribution in [0.1, 0.15) is 44.4 Å². The number of rotatable bonds is 4. The predicted octanol–water partition coefficient (Wildman–Crippen LogP) is 4.35. The van der Waals surface area contributed by atoms with Gasteiger partial charge < -0.3 is 9.64 Å². The molecule has 0 saturated carbocycles. The molecule has 5 nitrogen and oxygen atoms in total. The summed E-state index contributed by atoms with van der Waals surface area (Å²) in [5, 5.41) is 0. The third-order valence-corrected chi connectivity index (χ3v) is 5.10. The number of carbonyl (C=O) groups is 2. The van der Waals surface area contributed by atoms with Crippen LogP contribution in [0.2, 0.25) is 0 Å². The Kier molecular flexibility index (Phi) is 5.49. The van der Waals surface area contributed by atoms with Gasteiger partial charge in [-0.25, -0.2) is 4.79 Å². The van der Waals surface area contributed by atoms with Crippen LogP contribution in [0.5, 0.6) is 0 Å². The average Bonchev–Trinajstić information content (AvgIpc) is 2.66. The minimum absolute atomic E-state index is 0.0449. The smallest absolute Gasteiger partial charge is 0.411 e. The third kappa shape index (κ3) is 4.30. The maximum absolute atomic E-state index is 12.8. The molecule has 5 heteroatoms. The maximum atomic E-state index is 12.8. The Labute approximate surface area is 160 Å². The van der Waals surface area contributed by atoms with E-state index >= 15 is 0 Å². The first-order chi connectivity index (χ1) is 12.9. The van der Waals surface area contributed by atoms with Gasteiger partial charge in [-0.15, -0.1) is 0 Å². The Morgan fingerprint density at radius 2 is 1.67 bits per heavy atom. The van der Waals surface area contributed by atoms with E-state index in [1.807, 2.05) is 81.4 Å². The molecule has 0 aromatic heterocycles. The van der Waals surface area contributed by atoms with Gasteiger partial charge in [0.05, 0.1) is 11.6 Å². The van der Waals surface area contributed by atoms with E-state index in [2.05, 4.69) is 0 Å². The van der Waals surface area contributed by atoms with Crippen LogP contribution in [0, 0.1) is 0 Å². The van der Waals surface area contributed by atoms with E-state index in [1.54, 1.807) is 9.80 Å². The first kappa shape index (κ1) is 19.0. The highest BCUT2D eigenvalue weighted by Crippen LogP contribution is 2.31. The van der Waals surface area contributed by atoms with E-state index < -0.39 is 11.6 Å². The highest BCUT2D eigenvalue weighted by molar-refractivity contribution is 5.81. The molecule has 142 valence electrons. The topological polar surface area (TPSA) is 49.9 Å². The molecule has 3 rings (SSSR count). The second-order valence-corrected chi connectivity index (χ2v) is 7.55. The van der Waals surface area contributed by atoms with Crippen LogP contribution in [0.15, 0.2) is 60.7 Å². The molecule has 0 aliphatic carbocycles. The largest absolute Gasteiger partial charge is 0.444 e. The van der Waals surface area contributed by atoms with Crippen molar-refractivity contribution < 1.29 is 14.3 Å². The lowest BCUT2D eigenvalue weighted by Crippen LogP contribution is -2.60. The molecule has 2 aromatic carbocycles. The molecule has 1 aliphatic heterocycles. The Morgan fingerprint density at radius 3 is 2.30 bits per heavy atom. The number of benzene rings is 2. The van der Waals surface area contributed by atoms with Crippen molar-refractivity contribution in [3.8, 4) is 0 Å². The quantitative estimate of drug-likeness (QED) is 0.808. The van der Waals surface area contributed by atoms with Crippen molar-refractivity contribution in [2.75, 3.05) is 6.67 Å². The van der Waals surface area contributed by atoms with Crippen molar-refractivity contribution in [1.29, 1.82) is 0 Å². The number of carbonyl (C=O) groups excluding carboxylic acids is 2. The van der Waals surface area contributed by atoms with Gasteiger partial charge in [-0.1, -0.05) is 60.7 Å². The van der Waals surface area contributed by atoms with Crippen LogP contribution < -0.4 is 0 Å². The van der Waals surface area contributed by atoms with Crippen LogP contribution in [-0.2, 0) is 16.1 Å². The fraction of sp³-hybridized carbons (Fsp3) is 0.364. The Morgan fingerprint density at radius 1 is 1.07 bits per heavy atom. The van der Waals surface area contributed by atoms with E-state index in [4.69, 9.17) is 4.74 Å². The molecular weight excluding hydrogens is 340 g/mol. The van der Waals surface area contributed by atoms with Crippen molar-refractivity contribution in [2.24, 2.45) is 0 Å². The van der Waals surface area contributed by atoms with Gasteiger partial charge in [-0.2, -0.15) is 0 Å². The summed E-state index contributed by atoms with van der Waals surface area (Å²) in [6.07, 6.45) is -0.133. The minimum Gasteiger partial charge on any atom is -0.444 e. The SMILES string of the molecule is CC(c1ccccc1)N1CN(C(=O)OCc2ccccc2)C(C)(C)CC1=O. The molecule has 1 saturated heterocycles. The normalized spacial score (nSPS) is 17.5. The first-order valence-corrected chi connectivity index (χ1v) is 9.21. The van der Waals surface area contributed by atoms with Crippen LogP contribution in [0.4, 0.5) is 4.79 Å². The highest BCUT2D eigenvalue weighted by Gasteiger charge is 2.42. The van der Waals surface area contributed by atoms with Crippen LogP contribution in [0.3, 0.4) is 0 Å². The molecule has 2 amide bonds. The third-order valence-electron chi connectivity index (χ3n) is 5.10. The van der Waals surface area contributed by atoms with Gasteiger partial charge in [0.1, 0.15) is 13.3 Å². The van der Waals surface area contributed by atoms with E-state index in [9.17, 15) is 9.59 Å². The van der Waals surface area contributed by atoms with Crippen LogP contribution in [0.25, 0.3) is 0 Å². The zero-order valence-corrected chi connectivity index (χ0v) is 16.1. The Hall–Kier alpha value is -2.82. The van der Waals surface area contributed by atoms with Crippen molar-refractivity contribution in [3.63, 3.8) is 0 Å². The van der Waals surface area contributed by atoms with E-state index in [0.29, 0.717) is 0 Å². The second-order valence-electron chi connectivity index (χ2n) is 7.55. The molecule has 0 N–H and O–H groups in total. The van der Waals surface area contributed by atoms with Crippen molar-refractivity contribution >= 4 is 12.0 Å². The zero-order valence-electron chi connectivity index (χ0n) is 16.1. The second kappa shape index (κ2) is 7.82. The molecule has 2 aromatic rings. The number of nitrogens with zero attached hydrogens (tertiary/aromatic N) is 2. The zero-order chi connectivity index (χ0) is 19.4. The van der Waals surface area contributed by atoms with Crippen LogP contribution in [-0.4, -0.2) is 34.0 Å². The maximum Gasteiger partial charge on any atom is 0.411 e. The fourth-order valence-corrected chi connectivity index (χ4v) is 3.34.